The predicted molar refractivity (Wildman–Crippen MR) is 161 cm³/mol. The summed E-state index contributed by atoms with van der Waals surface area (Å²) in [6.07, 6.45) is 2.79. The van der Waals surface area contributed by atoms with Crippen molar-refractivity contribution in [3.8, 4) is 11.3 Å². The van der Waals surface area contributed by atoms with Gasteiger partial charge in [-0.25, -0.2) is 4.98 Å². The second kappa shape index (κ2) is 13.8. The van der Waals surface area contributed by atoms with Gasteiger partial charge in [0.25, 0.3) is 0 Å². The van der Waals surface area contributed by atoms with Gasteiger partial charge in [-0.05, 0) is 54.8 Å². The smallest absolute Gasteiger partial charge is 0.0979 e. The Morgan fingerprint density at radius 3 is 2.25 bits per heavy atom. The molecular formula is C29H30Cl3N3S. The number of aromatic nitrogens is 1. The molecule has 4 aromatic rings. The molecule has 7 heteroatoms. The lowest BCUT2D eigenvalue weighted by atomic mass is 10.1. The van der Waals surface area contributed by atoms with Gasteiger partial charge in [-0.15, -0.1) is 46.9 Å². The summed E-state index contributed by atoms with van der Waals surface area (Å²) in [4.78, 5) is 13.1. The molecule has 0 amide bonds. The molecule has 0 atom stereocenters. The number of benzene rings is 3. The summed E-state index contributed by atoms with van der Waals surface area (Å²) in [6.45, 7) is 5.80. The van der Waals surface area contributed by atoms with Gasteiger partial charge in [0.2, 0.25) is 0 Å². The highest BCUT2D eigenvalue weighted by molar-refractivity contribution is 7.12. The Balaban J connectivity index is 0.00000361. The van der Waals surface area contributed by atoms with Crippen LogP contribution in [0.5, 0.6) is 0 Å². The van der Waals surface area contributed by atoms with E-state index < -0.39 is 0 Å². The lowest BCUT2D eigenvalue weighted by molar-refractivity contribution is 0.873. The highest BCUT2D eigenvalue weighted by Gasteiger charge is 2.11. The molecule has 0 bridgehead atoms. The van der Waals surface area contributed by atoms with E-state index in [4.69, 9.17) is 33.2 Å². The maximum Gasteiger partial charge on any atom is 0.0979 e. The molecule has 3 aromatic carbocycles. The first-order chi connectivity index (χ1) is 17.1. The number of alkyl halides is 2. The lowest BCUT2D eigenvalue weighted by Gasteiger charge is -2.23. The Kier molecular flexibility index (Phi) is 10.8. The van der Waals surface area contributed by atoms with Crippen LogP contribution in [-0.2, 0) is 6.42 Å². The third-order valence-electron chi connectivity index (χ3n) is 5.86. The van der Waals surface area contributed by atoms with Crippen LogP contribution in [0, 0.1) is 13.8 Å². The van der Waals surface area contributed by atoms with Crippen LogP contribution in [0.4, 0.5) is 11.4 Å². The fourth-order valence-electron chi connectivity index (χ4n) is 3.99. The fourth-order valence-corrected chi connectivity index (χ4v) is 5.39. The number of thiazole rings is 1. The Hall–Kier alpha value is -2.37. The molecule has 0 radical (unpaired) electrons. The lowest BCUT2D eigenvalue weighted by Crippen LogP contribution is -2.27. The number of aryl methyl sites for hydroxylation is 2. The first-order valence-corrected chi connectivity index (χ1v) is 13.6. The van der Waals surface area contributed by atoms with Gasteiger partial charge in [-0.2, -0.15) is 0 Å². The quantitative estimate of drug-likeness (QED) is 0.144. The zero-order valence-corrected chi connectivity index (χ0v) is 23.6. The largest absolute Gasteiger partial charge is 0.369 e. The highest BCUT2D eigenvalue weighted by Crippen LogP contribution is 2.30. The van der Waals surface area contributed by atoms with Crippen molar-refractivity contribution >= 4 is 64.5 Å². The van der Waals surface area contributed by atoms with Crippen molar-refractivity contribution < 1.29 is 0 Å². The average Bonchev–Trinajstić information content (AvgIpc) is 3.23. The SMILES string of the molecule is Cc1cc(N(CCCl)CCCl)ccc1C=Nc1ccc(-c2nc(Cc3ccccc3)sc2C)cc1.Cl. The average molecular weight is 559 g/mol. The molecule has 4 rings (SSSR count). The molecule has 0 fully saturated rings. The summed E-state index contributed by atoms with van der Waals surface area (Å²) in [5, 5.41) is 1.14. The number of anilines is 1. The molecule has 1 aromatic heterocycles. The van der Waals surface area contributed by atoms with Crippen molar-refractivity contribution in [2.75, 3.05) is 29.7 Å². The zero-order chi connectivity index (χ0) is 24.6. The third-order valence-corrected chi connectivity index (χ3v) is 7.17. The molecule has 0 unspecified atom stereocenters. The van der Waals surface area contributed by atoms with Crippen LogP contribution in [-0.4, -0.2) is 36.0 Å². The van der Waals surface area contributed by atoms with Crippen LogP contribution in [0.25, 0.3) is 11.3 Å². The third kappa shape index (κ3) is 7.33. The molecule has 0 spiro atoms. The molecule has 188 valence electrons. The van der Waals surface area contributed by atoms with Crippen molar-refractivity contribution in [3.63, 3.8) is 0 Å². The van der Waals surface area contributed by atoms with Crippen LogP contribution in [0.15, 0.2) is 77.8 Å². The minimum absolute atomic E-state index is 0. The first kappa shape index (κ1) is 28.2. The van der Waals surface area contributed by atoms with E-state index in [0.717, 1.165) is 52.7 Å². The van der Waals surface area contributed by atoms with Crippen LogP contribution >= 0.6 is 46.9 Å². The van der Waals surface area contributed by atoms with Gasteiger partial charge in [0, 0.05) is 53.6 Å². The molecule has 0 saturated carbocycles. The first-order valence-electron chi connectivity index (χ1n) is 11.7. The number of aliphatic imine (C=N–C) groups is 1. The van der Waals surface area contributed by atoms with E-state index in [2.05, 4.69) is 73.3 Å². The normalized spacial score (nSPS) is 11.0. The van der Waals surface area contributed by atoms with Gasteiger partial charge in [0.05, 0.1) is 16.4 Å². The predicted octanol–water partition coefficient (Wildman–Crippen LogP) is 8.47. The van der Waals surface area contributed by atoms with Crippen molar-refractivity contribution in [1.82, 2.24) is 4.98 Å². The van der Waals surface area contributed by atoms with Crippen LogP contribution in [0.2, 0.25) is 0 Å². The molecule has 3 nitrogen and oxygen atoms in total. The number of hydrogen-bond donors (Lipinski definition) is 0. The van der Waals surface area contributed by atoms with Gasteiger partial charge >= 0.3 is 0 Å². The number of rotatable bonds is 10. The van der Waals surface area contributed by atoms with E-state index in [0.29, 0.717) is 11.8 Å². The minimum atomic E-state index is 0. The summed E-state index contributed by atoms with van der Waals surface area (Å²) >= 11 is 13.7. The summed E-state index contributed by atoms with van der Waals surface area (Å²) < 4.78 is 0. The van der Waals surface area contributed by atoms with E-state index in [1.807, 2.05) is 24.4 Å². The minimum Gasteiger partial charge on any atom is -0.369 e. The fraction of sp³-hybridized carbons (Fsp3) is 0.241. The van der Waals surface area contributed by atoms with E-state index in [1.165, 1.54) is 16.0 Å². The standard InChI is InChI=1S/C29H29Cl2N3S.ClH/c1-21-18-27(34(16-14-30)17-15-31)13-10-25(21)20-32-26-11-8-24(9-12-26)29-22(2)35-28(33-29)19-23-6-4-3-5-7-23;/h3-13,18,20H,14-17,19H2,1-2H3;1H. The topological polar surface area (TPSA) is 28.5 Å². The van der Waals surface area contributed by atoms with Gasteiger partial charge in [0.1, 0.15) is 0 Å². The molecule has 0 saturated heterocycles. The molecule has 0 aliphatic heterocycles. The molecular weight excluding hydrogens is 529 g/mol. The molecule has 1 heterocycles. The van der Waals surface area contributed by atoms with E-state index in [9.17, 15) is 0 Å². The molecule has 36 heavy (non-hydrogen) atoms. The summed E-state index contributed by atoms with van der Waals surface area (Å²) in [5.41, 5.74) is 7.77. The van der Waals surface area contributed by atoms with E-state index in [1.54, 1.807) is 11.3 Å². The zero-order valence-electron chi connectivity index (χ0n) is 20.5. The van der Waals surface area contributed by atoms with Crippen molar-refractivity contribution in [1.29, 1.82) is 0 Å². The van der Waals surface area contributed by atoms with Crippen LogP contribution in [0.1, 0.15) is 26.6 Å². The molecule has 0 aliphatic rings. The Labute approximate surface area is 234 Å². The number of nitrogens with zero attached hydrogens (tertiary/aromatic N) is 3. The second-order valence-electron chi connectivity index (χ2n) is 8.39. The summed E-state index contributed by atoms with van der Waals surface area (Å²) in [6, 6.07) is 25.2. The van der Waals surface area contributed by atoms with Gasteiger partial charge in [-0.3, -0.25) is 4.99 Å². The van der Waals surface area contributed by atoms with Crippen molar-refractivity contribution in [3.05, 3.63) is 99.4 Å². The maximum atomic E-state index is 5.95. The van der Waals surface area contributed by atoms with Gasteiger partial charge in [-0.1, -0.05) is 48.5 Å². The van der Waals surface area contributed by atoms with E-state index >= 15 is 0 Å². The maximum absolute atomic E-state index is 5.95. The van der Waals surface area contributed by atoms with Crippen LogP contribution in [0.3, 0.4) is 0 Å². The van der Waals surface area contributed by atoms with Crippen molar-refractivity contribution in [2.24, 2.45) is 4.99 Å². The van der Waals surface area contributed by atoms with Gasteiger partial charge < -0.3 is 4.90 Å². The highest BCUT2D eigenvalue weighted by atomic mass is 35.5. The Morgan fingerprint density at radius 1 is 0.917 bits per heavy atom. The van der Waals surface area contributed by atoms with Crippen LogP contribution < -0.4 is 4.90 Å². The number of halogens is 3. The molecule has 0 N–H and O–H groups in total. The van der Waals surface area contributed by atoms with Crippen molar-refractivity contribution in [2.45, 2.75) is 20.3 Å². The Morgan fingerprint density at radius 2 is 1.61 bits per heavy atom. The van der Waals surface area contributed by atoms with Gasteiger partial charge in [0.15, 0.2) is 0 Å². The summed E-state index contributed by atoms with van der Waals surface area (Å²) in [5.74, 6) is 1.15. The summed E-state index contributed by atoms with van der Waals surface area (Å²) in [7, 11) is 0. The Bertz CT molecular complexity index is 1260. The second-order valence-corrected chi connectivity index (χ2v) is 10.4. The molecule has 0 aliphatic carbocycles. The van der Waals surface area contributed by atoms with E-state index in [-0.39, 0.29) is 12.4 Å². The number of hydrogen-bond acceptors (Lipinski definition) is 4. The monoisotopic (exact) mass is 557 g/mol.